The van der Waals surface area contributed by atoms with Crippen molar-refractivity contribution < 1.29 is 14.3 Å². The van der Waals surface area contributed by atoms with Crippen molar-refractivity contribution in [2.45, 2.75) is 43.9 Å². The van der Waals surface area contributed by atoms with Crippen LogP contribution in [0.3, 0.4) is 0 Å². The van der Waals surface area contributed by atoms with Crippen molar-refractivity contribution in [2.24, 2.45) is 5.73 Å². The number of nitrogens with two attached hydrogens (primary N) is 1. The number of sulfone groups is 1. The fourth-order valence-electron chi connectivity index (χ4n) is 3.27. The van der Waals surface area contributed by atoms with Crippen molar-refractivity contribution in [3.8, 4) is 34.3 Å². The van der Waals surface area contributed by atoms with Crippen LogP contribution in [-0.2, 0) is 9.84 Å². The molecule has 33 heavy (non-hydrogen) atoms. The van der Waals surface area contributed by atoms with Gasteiger partial charge in [0.2, 0.25) is 5.89 Å². The third kappa shape index (κ3) is 4.55. The van der Waals surface area contributed by atoms with Crippen molar-refractivity contribution in [1.82, 2.24) is 20.2 Å². The summed E-state index contributed by atoms with van der Waals surface area (Å²) in [6.07, 6.45) is 1.63. The average molecular weight is 466 g/mol. The fourth-order valence-corrected chi connectivity index (χ4v) is 4.33. The second-order valence-electron chi connectivity index (χ2n) is 8.13. The molecule has 0 unspecified atom stereocenters. The van der Waals surface area contributed by atoms with Gasteiger partial charge in [0.25, 0.3) is 5.89 Å². The highest BCUT2D eigenvalue weighted by molar-refractivity contribution is 7.92. The average Bonchev–Trinajstić information content (AvgIpc) is 3.29. The number of hydrogen-bond acceptors (Lipinski definition) is 8. The van der Waals surface area contributed by atoms with Gasteiger partial charge in [0, 0.05) is 18.6 Å². The van der Waals surface area contributed by atoms with E-state index in [4.69, 9.17) is 10.2 Å². The van der Waals surface area contributed by atoms with Crippen LogP contribution in [0, 0.1) is 6.92 Å². The molecule has 0 fully saturated rings. The van der Waals surface area contributed by atoms with Gasteiger partial charge in [-0.1, -0.05) is 24.3 Å². The van der Waals surface area contributed by atoms with Crippen molar-refractivity contribution >= 4 is 9.84 Å². The number of nitrogens with zero attached hydrogens (tertiary/aromatic N) is 4. The summed E-state index contributed by atoms with van der Waals surface area (Å²) >= 11 is 0. The van der Waals surface area contributed by atoms with Gasteiger partial charge in [-0.05, 0) is 57.5 Å². The molecular formula is C24H27N5O3S. The Morgan fingerprint density at radius 3 is 2.33 bits per heavy atom. The maximum atomic E-state index is 12.4. The molecule has 0 bridgehead atoms. The van der Waals surface area contributed by atoms with E-state index in [9.17, 15) is 8.42 Å². The van der Waals surface area contributed by atoms with Crippen LogP contribution in [0.15, 0.2) is 64.0 Å². The van der Waals surface area contributed by atoms with Crippen LogP contribution >= 0.6 is 0 Å². The maximum absolute atomic E-state index is 12.4. The monoisotopic (exact) mass is 465 g/mol. The molecule has 8 nitrogen and oxygen atoms in total. The van der Waals surface area contributed by atoms with Crippen LogP contribution in [-0.4, -0.2) is 33.8 Å². The van der Waals surface area contributed by atoms with E-state index in [1.54, 1.807) is 44.3 Å². The Kier molecular flexibility index (Phi) is 6.09. The topological polar surface area (TPSA) is 125 Å². The Bertz CT molecular complexity index is 1400. The molecular weight excluding hydrogens is 438 g/mol. The lowest BCUT2D eigenvalue weighted by Gasteiger charge is -2.09. The molecule has 4 aromatic rings. The fraction of sp³-hybridized carbons (Fsp3) is 0.250. The standard InChI is InChI=1S/C24H25N5O3S.H2/c1-14(2)33(30,31)20-10-8-17(9-11-20)21-13-26-16(4)22(27-21)24-29-28-23(32-24)19-7-5-6-18(12-19)15(3)25;/h5-15H,25H2,1-4H3;1H/t15-;/m0./s1. The van der Waals surface area contributed by atoms with Crippen LogP contribution in [0.1, 0.15) is 39.5 Å². The van der Waals surface area contributed by atoms with Crippen molar-refractivity contribution in [2.75, 3.05) is 0 Å². The Labute approximate surface area is 194 Å². The second-order valence-corrected chi connectivity index (χ2v) is 10.6. The Balaban J connectivity index is 0.00000324. The van der Waals surface area contributed by atoms with Crippen molar-refractivity contribution in [3.63, 3.8) is 0 Å². The zero-order chi connectivity index (χ0) is 23.8. The third-order valence-electron chi connectivity index (χ3n) is 5.34. The molecule has 9 heteroatoms. The summed E-state index contributed by atoms with van der Waals surface area (Å²) in [6, 6.07) is 14.1. The summed E-state index contributed by atoms with van der Waals surface area (Å²) in [7, 11) is -3.34. The lowest BCUT2D eigenvalue weighted by molar-refractivity contribution is 0.581. The molecule has 0 aliphatic heterocycles. The first-order valence-corrected chi connectivity index (χ1v) is 12.1. The largest absolute Gasteiger partial charge is 0.415 e. The lowest BCUT2D eigenvalue weighted by atomic mass is 10.1. The van der Waals surface area contributed by atoms with E-state index >= 15 is 0 Å². The summed E-state index contributed by atoms with van der Waals surface area (Å²) in [5.41, 5.74) is 10.1. The molecule has 0 radical (unpaired) electrons. The Morgan fingerprint density at radius 2 is 1.67 bits per heavy atom. The zero-order valence-corrected chi connectivity index (χ0v) is 19.7. The highest BCUT2D eigenvalue weighted by Crippen LogP contribution is 2.28. The van der Waals surface area contributed by atoms with Gasteiger partial charge in [0.1, 0.15) is 5.69 Å². The summed E-state index contributed by atoms with van der Waals surface area (Å²) in [4.78, 5) is 9.36. The summed E-state index contributed by atoms with van der Waals surface area (Å²) < 4.78 is 30.7. The van der Waals surface area contributed by atoms with E-state index in [-0.39, 0.29) is 18.3 Å². The quantitative estimate of drug-likeness (QED) is 0.437. The smallest absolute Gasteiger partial charge is 0.268 e. The van der Waals surface area contributed by atoms with E-state index in [0.29, 0.717) is 23.0 Å². The molecule has 0 aliphatic rings. The molecule has 2 N–H and O–H groups in total. The molecule has 0 amide bonds. The van der Waals surface area contributed by atoms with Gasteiger partial charge < -0.3 is 10.2 Å². The van der Waals surface area contributed by atoms with E-state index in [1.807, 2.05) is 38.1 Å². The van der Waals surface area contributed by atoms with E-state index in [2.05, 4.69) is 20.2 Å². The Hall–Kier alpha value is -3.43. The number of aromatic nitrogens is 4. The van der Waals surface area contributed by atoms with Crippen LogP contribution in [0.5, 0.6) is 0 Å². The van der Waals surface area contributed by atoms with Gasteiger partial charge in [-0.25, -0.2) is 13.4 Å². The minimum atomic E-state index is -3.34. The van der Waals surface area contributed by atoms with Crippen LogP contribution < -0.4 is 5.73 Å². The lowest BCUT2D eigenvalue weighted by Crippen LogP contribution is -2.13. The van der Waals surface area contributed by atoms with Gasteiger partial charge in [0.05, 0.1) is 27.7 Å². The van der Waals surface area contributed by atoms with Gasteiger partial charge in [-0.2, -0.15) is 0 Å². The van der Waals surface area contributed by atoms with Crippen molar-refractivity contribution in [3.05, 3.63) is 66.0 Å². The molecule has 4 rings (SSSR count). The number of benzene rings is 2. The molecule has 0 aliphatic carbocycles. The highest BCUT2D eigenvalue weighted by Gasteiger charge is 2.20. The van der Waals surface area contributed by atoms with Crippen molar-refractivity contribution in [1.29, 1.82) is 0 Å². The summed E-state index contributed by atoms with van der Waals surface area (Å²) in [5, 5.41) is 7.85. The SMILES string of the molecule is Cc1ncc(-c2ccc(S(=O)(=O)C(C)C)cc2)nc1-c1nnc(-c2cccc([C@H](C)N)c2)o1.[HH]. The molecule has 2 aromatic carbocycles. The second kappa shape index (κ2) is 8.84. The first-order chi connectivity index (χ1) is 15.7. The van der Waals surface area contributed by atoms with Gasteiger partial charge >= 0.3 is 0 Å². The van der Waals surface area contributed by atoms with Gasteiger partial charge in [0.15, 0.2) is 9.84 Å². The third-order valence-corrected chi connectivity index (χ3v) is 7.51. The molecule has 0 saturated heterocycles. The van der Waals surface area contributed by atoms with Crippen LogP contribution in [0.2, 0.25) is 0 Å². The molecule has 172 valence electrons. The highest BCUT2D eigenvalue weighted by atomic mass is 32.2. The van der Waals surface area contributed by atoms with Crippen LogP contribution in [0.4, 0.5) is 0 Å². The predicted octanol–water partition coefficient (Wildman–Crippen LogP) is 4.62. The van der Waals surface area contributed by atoms with Gasteiger partial charge in [-0.15, -0.1) is 10.2 Å². The van der Waals surface area contributed by atoms with E-state index in [1.165, 1.54) is 0 Å². The molecule has 0 spiro atoms. The molecule has 2 aromatic heterocycles. The zero-order valence-electron chi connectivity index (χ0n) is 18.9. The summed E-state index contributed by atoms with van der Waals surface area (Å²) in [6.45, 7) is 7.04. The minimum absolute atomic E-state index is 0. The van der Waals surface area contributed by atoms with E-state index in [0.717, 1.165) is 16.7 Å². The molecule has 2 heterocycles. The first kappa shape index (κ1) is 22.8. The first-order valence-electron chi connectivity index (χ1n) is 10.5. The Morgan fingerprint density at radius 1 is 0.970 bits per heavy atom. The minimum Gasteiger partial charge on any atom is -0.415 e. The molecule has 1 atom stereocenters. The number of aryl methyl sites for hydroxylation is 1. The van der Waals surface area contributed by atoms with Gasteiger partial charge in [-0.3, -0.25) is 4.98 Å². The van der Waals surface area contributed by atoms with Crippen LogP contribution in [0.25, 0.3) is 34.3 Å². The normalized spacial score (nSPS) is 12.8. The molecule has 0 saturated carbocycles. The summed E-state index contributed by atoms with van der Waals surface area (Å²) in [5.74, 6) is 0.615. The predicted molar refractivity (Wildman–Crippen MR) is 128 cm³/mol. The maximum Gasteiger partial charge on any atom is 0.268 e. The number of rotatable bonds is 6. The van der Waals surface area contributed by atoms with E-state index < -0.39 is 15.1 Å². The number of hydrogen-bond donors (Lipinski definition) is 1.